The van der Waals surface area contributed by atoms with E-state index >= 15 is 0 Å². The van der Waals surface area contributed by atoms with Crippen LogP contribution in [0.15, 0.2) is 42.0 Å². The van der Waals surface area contributed by atoms with Crippen molar-refractivity contribution < 1.29 is 19.6 Å². The molecular formula is C17H9Cl2N3O5S. The topological polar surface area (TPSA) is 113 Å². The summed E-state index contributed by atoms with van der Waals surface area (Å²) < 4.78 is 0. The molecule has 2 aromatic carbocycles. The monoisotopic (exact) mass is 437 g/mol. The first-order chi connectivity index (χ1) is 13.2. The van der Waals surface area contributed by atoms with E-state index in [0.717, 1.165) is 23.1 Å². The molecule has 0 atom stereocenters. The van der Waals surface area contributed by atoms with Crippen molar-refractivity contribution in [3.63, 3.8) is 0 Å². The maximum Gasteiger partial charge on any atom is 0.311 e. The Morgan fingerprint density at radius 2 is 1.93 bits per heavy atom. The fourth-order valence-corrected chi connectivity index (χ4v) is 3.14. The van der Waals surface area contributed by atoms with Gasteiger partial charge in [0.05, 0.1) is 20.7 Å². The van der Waals surface area contributed by atoms with Crippen molar-refractivity contribution in [2.24, 2.45) is 0 Å². The third-order valence-electron chi connectivity index (χ3n) is 3.78. The maximum atomic E-state index is 12.9. The van der Waals surface area contributed by atoms with Crippen molar-refractivity contribution in [3.8, 4) is 5.75 Å². The van der Waals surface area contributed by atoms with Gasteiger partial charge in [-0.2, -0.15) is 0 Å². The SMILES string of the molecule is O=C1NC(=S)N(c2cccc(Cl)c2Cl)C(=O)/C1=C/c1ccc(O)c([N+](=O)[O-])c1. The number of aromatic hydroxyl groups is 1. The number of rotatable bonds is 3. The number of nitro benzene ring substituents is 1. The number of hydrogen-bond donors (Lipinski definition) is 2. The van der Waals surface area contributed by atoms with E-state index in [9.17, 15) is 24.8 Å². The second-order valence-corrected chi connectivity index (χ2v) is 6.71. The van der Waals surface area contributed by atoms with Crippen molar-refractivity contribution in [1.82, 2.24) is 5.32 Å². The second kappa shape index (κ2) is 7.55. The quantitative estimate of drug-likeness (QED) is 0.250. The average Bonchev–Trinajstić information content (AvgIpc) is 2.63. The molecule has 2 aromatic rings. The first kappa shape index (κ1) is 19.7. The van der Waals surface area contributed by atoms with E-state index in [0.29, 0.717) is 0 Å². The van der Waals surface area contributed by atoms with E-state index in [1.807, 2.05) is 0 Å². The number of halogens is 2. The van der Waals surface area contributed by atoms with Crippen molar-refractivity contribution in [3.05, 3.63) is 67.7 Å². The molecule has 2 N–H and O–H groups in total. The summed E-state index contributed by atoms with van der Waals surface area (Å²) in [5, 5.41) is 22.9. The van der Waals surface area contributed by atoms with Crippen LogP contribution >= 0.6 is 35.4 Å². The fraction of sp³-hybridized carbons (Fsp3) is 0. The lowest BCUT2D eigenvalue weighted by atomic mass is 10.1. The number of nitrogens with zero attached hydrogens (tertiary/aromatic N) is 2. The molecule has 1 saturated heterocycles. The molecule has 0 bridgehead atoms. The Bertz CT molecular complexity index is 1090. The highest BCUT2D eigenvalue weighted by atomic mass is 35.5. The number of amides is 2. The number of thiocarbonyl (C=S) groups is 1. The van der Waals surface area contributed by atoms with Crippen molar-refractivity contribution in [1.29, 1.82) is 0 Å². The van der Waals surface area contributed by atoms with Gasteiger partial charge in [0.25, 0.3) is 11.8 Å². The zero-order valence-corrected chi connectivity index (χ0v) is 16.0. The smallest absolute Gasteiger partial charge is 0.311 e. The number of nitro groups is 1. The van der Waals surface area contributed by atoms with Crippen LogP contribution in [0.2, 0.25) is 10.0 Å². The van der Waals surface area contributed by atoms with Crippen LogP contribution < -0.4 is 10.2 Å². The van der Waals surface area contributed by atoms with Gasteiger partial charge >= 0.3 is 5.69 Å². The molecule has 2 amide bonds. The van der Waals surface area contributed by atoms with E-state index in [4.69, 9.17) is 35.4 Å². The van der Waals surface area contributed by atoms with Crippen LogP contribution in [0, 0.1) is 10.1 Å². The van der Waals surface area contributed by atoms with Crippen LogP contribution in [0.25, 0.3) is 6.08 Å². The number of anilines is 1. The molecule has 1 aliphatic heterocycles. The van der Waals surface area contributed by atoms with E-state index < -0.39 is 28.2 Å². The number of benzene rings is 2. The summed E-state index contributed by atoms with van der Waals surface area (Å²) in [7, 11) is 0. The Balaban J connectivity index is 2.08. The van der Waals surface area contributed by atoms with Crippen LogP contribution in [0.3, 0.4) is 0 Å². The van der Waals surface area contributed by atoms with Gasteiger partial charge in [0.2, 0.25) is 0 Å². The van der Waals surface area contributed by atoms with Crippen LogP contribution in [-0.4, -0.2) is 27.0 Å². The number of carbonyl (C=O) groups is 2. The molecule has 3 rings (SSSR count). The summed E-state index contributed by atoms with van der Waals surface area (Å²) in [6.45, 7) is 0. The van der Waals surface area contributed by atoms with E-state index in [1.54, 1.807) is 6.07 Å². The van der Waals surface area contributed by atoms with Crippen LogP contribution in [0.5, 0.6) is 5.75 Å². The maximum absolute atomic E-state index is 12.9. The molecular weight excluding hydrogens is 429 g/mol. The minimum absolute atomic E-state index is 0.0654. The number of phenols is 1. The molecule has 0 aromatic heterocycles. The molecule has 28 heavy (non-hydrogen) atoms. The van der Waals surface area contributed by atoms with Gasteiger partial charge in [-0.25, -0.2) is 0 Å². The minimum Gasteiger partial charge on any atom is -0.502 e. The predicted octanol–water partition coefficient (Wildman–Crippen LogP) is 3.44. The van der Waals surface area contributed by atoms with Gasteiger partial charge in [-0.3, -0.25) is 29.9 Å². The Labute approximate surface area is 173 Å². The zero-order valence-electron chi connectivity index (χ0n) is 13.7. The van der Waals surface area contributed by atoms with Gasteiger partial charge in [0, 0.05) is 6.07 Å². The van der Waals surface area contributed by atoms with Gasteiger partial charge < -0.3 is 5.11 Å². The first-order valence-corrected chi connectivity index (χ1v) is 8.70. The summed E-state index contributed by atoms with van der Waals surface area (Å²) in [5.74, 6) is -2.10. The summed E-state index contributed by atoms with van der Waals surface area (Å²) >= 11 is 17.2. The van der Waals surface area contributed by atoms with E-state index in [2.05, 4.69) is 5.32 Å². The molecule has 11 heteroatoms. The van der Waals surface area contributed by atoms with Crippen molar-refractivity contribution in [2.75, 3.05) is 4.90 Å². The summed E-state index contributed by atoms with van der Waals surface area (Å²) in [5.41, 5.74) is -0.562. The lowest BCUT2D eigenvalue weighted by Gasteiger charge is -2.29. The van der Waals surface area contributed by atoms with Gasteiger partial charge in [-0.1, -0.05) is 35.3 Å². The van der Waals surface area contributed by atoms with Gasteiger partial charge in [-0.05, 0) is 42.1 Å². The normalized spacial score (nSPS) is 15.7. The third-order valence-corrected chi connectivity index (χ3v) is 4.87. The van der Waals surface area contributed by atoms with Gasteiger partial charge in [-0.15, -0.1) is 0 Å². The number of nitrogens with one attached hydrogen (secondary N) is 1. The van der Waals surface area contributed by atoms with E-state index in [-0.39, 0.29) is 32.0 Å². The Hall–Kier alpha value is -3.01. The van der Waals surface area contributed by atoms with Crippen LogP contribution in [0.4, 0.5) is 11.4 Å². The van der Waals surface area contributed by atoms with Crippen LogP contribution in [0.1, 0.15) is 5.56 Å². The first-order valence-electron chi connectivity index (χ1n) is 7.53. The zero-order chi connectivity index (χ0) is 20.6. The Kier molecular flexibility index (Phi) is 5.32. The minimum atomic E-state index is -0.784. The average molecular weight is 438 g/mol. The Morgan fingerprint density at radius 3 is 2.61 bits per heavy atom. The van der Waals surface area contributed by atoms with Crippen molar-refractivity contribution >= 4 is 69.8 Å². The lowest BCUT2D eigenvalue weighted by Crippen LogP contribution is -2.54. The second-order valence-electron chi connectivity index (χ2n) is 5.54. The highest BCUT2D eigenvalue weighted by Gasteiger charge is 2.35. The number of carbonyl (C=O) groups excluding carboxylic acids is 2. The fourth-order valence-electron chi connectivity index (χ4n) is 2.48. The summed E-state index contributed by atoms with van der Waals surface area (Å²) in [4.78, 5) is 36.4. The van der Waals surface area contributed by atoms with Gasteiger partial charge in [0.1, 0.15) is 5.57 Å². The molecule has 0 radical (unpaired) electrons. The number of hydrogen-bond acceptors (Lipinski definition) is 6. The molecule has 0 spiro atoms. The molecule has 8 nitrogen and oxygen atoms in total. The highest BCUT2D eigenvalue weighted by Crippen LogP contribution is 2.34. The standard InChI is InChI=1S/C17H9Cl2N3O5S/c18-10-2-1-3-11(14(10)19)21-16(25)9(15(24)20-17(21)28)6-8-4-5-13(23)12(7-8)22(26)27/h1-7,23H,(H,20,24,28)/b9-6+. The predicted molar refractivity (Wildman–Crippen MR) is 107 cm³/mol. The van der Waals surface area contributed by atoms with E-state index in [1.165, 1.54) is 18.2 Å². The molecule has 0 unspecified atom stereocenters. The highest BCUT2D eigenvalue weighted by molar-refractivity contribution is 7.80. The molecule has 0 saturated carbocycles. The Morgan fingerprint density at radius 1 is 1.21 bits per heavy atom. The molecule has 1 aliphatic rings. The largest absolute Gasteiger partial charge is 0.502 e. The molecule has 1 fully saturated rings. The number of phenolic OH excluding ortho intramolecular Hbond substituents is 1. The van der Waals surface area contributed by atoms with Crippen molar-refractivity contribution in [2.45, 2.75) is 0 Å². The van der Waals surface area contributed by atoms with Crippen LogP contribution in [-0.2, 0) is 9.59 Å². The molecule has 142 valence electrons. The summed E-state index contributed by atoms with van der Waals surface area (Å²) in [6, 6.07) is 8.02. The summed E-state index contributed by atoms with van der Waals surface area (Å²) in [6.07, 6.45) is 1.15. The molecule has 0 aliphatic carbocycles. The molecule has 1 heterocycles. The third kappa shape index (κ3) is 3.55. The van der Waals surface area contributed by atoms with Gasteiger partial charge in [0.15, 0.2) is 10.9 Å². The lowest BCUT2D eigenvalue weighted by molar-refractivity contribution is -0.385.